The SMILES string of the molecule is Nc1cc(Cl)c(Cc2ccc(=O)n(C3CC3)n2)c(Cl)c1. The summed E-state index contributed by atoms with van der Waals surface area (Å²) in [5.74, 6) is 0. The van der Waals surface area contributed by atoms with Crippen molar-refractivity contribution in [2.45, 2.75) is 25.3 Å². The smallest absolute Gasteiger partial charge is 0.267 e. The van der Waals surface area contributed by atoms with Gasteiger partial charge in [0.15, 0.2) is 0 Å². The molecular weight excluding hydrogens is 297 g/mol. The largest absolute Gasteiger partial charge is 0.399 e. The van der Waals surface area contributed by atoms with Gasteiger partial charge in [-0.15, -0.1) is 0 Å². The maximum absolute atomic E-state index is 11.7. The lowest BCUT2D eigenvalue weighted by Crippen LogP contribution is -2.22. The van der Waals surface area contributed by atoms with Crippen molar-refractivity contribution in [3.05, 3.63) is 55.9 Å². The van der Waals surface area contributed by atoms with E-state index in [4.69, 9.17) is 28.9 Å². The molecule has 0 aliphatic heterocycles. The van der Waals surface area contributed by atoms with E-state index in [9.17, 15) is 4.79 Å². The summed E-state index contributed by atoms with van der Waals surface area (Å²) in [4.78, 5) is 11.7. The average Bonchev–Trinajstić information content (AvgIpc) is 3.19. The number of nitrogens with zero attached hydrogens (tertiary/aromatic N) is 2. The first-order chi connectivity index (χ1) is 9.54. The molecule has 20 heavy (non-hydrogen) atoms. The van der Waals surface area contributed by atoms with Crippen LogP contribution in [0.4, 0.5) is 5.69 Å². The van der Waals surface area contributed by atoms with E-state index in [1.165, 1.54) is 0 Å². The Kier molecular flexibility index (Phi) is 3.44. The van der Waals surface area contributed by atoms with Crippen molar-refractivity contribution in [2.24, 2.45) is 0 Å². The third-order valence-electron chi connectivity index (χ3n) is 3.29. The number of anilines is 1. The summed E-state index contributed by atoms with van der Waals surface area (Å²) in [6.45, 7) is 0. The highest BCUT2D eigenvalue weighted by atomic mass is 35.5. The van der Waals surface area contributed by atoms with E-state index >= 15 is 0 Å². The summed E-state index contributed by atoms with van der Waals surface area (Å²) in [7, 11) is 0. The van der Waals surface area contributed by atoms with Gasteiger partial charge in [-0.3, -0.25) is 4.79 Å². The van der Waals surface area contributed by atoms with Crippen LogP contribution in [-0.4, -0.2) is 9.78 Å². The lowest BCUT2D eigenvalue weighted by Gasteiger charge is -2.09. The molecule has 1 fully saturated rings. The molecule has 0 atom stereocenters. The Balaban J connectivity index is 1.95. The van der Waals surface area contributed by atoms with E-state index in [2.05, 4.69) is 5.10 Å². The monoisotopic (exact) mass is 309 g/mol. The van der Waals surface area contributed by atoms with Crippen LogP contribution in [0.1, 0.15) is 30.1 Å². The Morgan fingerprint density at radius 2 is 1.90 bits per heavy atom. The van der Waals surface area contributed by atoms with Crippen LogP contribution in [0.3, 0.4) is 0 Å². The van der Waals surface area contributed by atoms with Crippen molar-refractivity contribution in [2.75, 3.05) is 5.73 Å². The minimum absolute atomic E-state index is 0.0641. The van der Waals surface area contributed by atoms with Crippen LogP contribution >= 0.6 is 23.2 Å². The van der Waals surface area contributed by atoms with E-state index in [0.717, 1.165) is 24.1 Å². The molecule has 0 bridgehead atoms. The molecule has 1 aromatic carbocycles. The number of rotatable bonds is 3. The van der Waals surface area contributed by atoms with Gasteiger partial charge in [-0.1, -0.05) is 23.2 Å². The lowest BCUT2D eigenvalue weighted by molar-refractivity contribution is 0.585. The Labute approximate surface area is 126 Å². The van der Waals surface area contributed by atoms with Gasteiger partial charge in [-0.25, -0.2) is 4.68 Å². The van der Waals surface area contributed by atoms with Gasteiger partial charge >= 0.3 is 0 Å². The van der Waals surface area contributed by atoms with Gasteiger partial charge in [0.2, 0.25) is 0 Å². The molecule has 0 unspecified atom stereocenters. The second kappa shape index (κ2) is 5.11. The molecule has 0 amide bonds. The highest BCUT2D eigenvalue weighted by Crippen LogP contribution is 2.33. The molecule has 4 nitrogen and oxygen atoms in total. The summed E-state index contributed by atoms with van der Waals surface area (Å²) in [5, 5.41) is 5.42. The summed E-state index contributed by atoms with van der Waals surface area (Å²) >= 11 is 12.3. The van der Waals surface area contributed by atoms with Crippen LogP contribution < -0.4 is 11.3 Å². The lowest BCUT2D eigenvalue weighted by atomic mass is 10.1. The van der Waals surface area contributed by atoms with Crippen molar-refractivity contribution in [3.63, 3.8) is 0 Å². The molecule has 1 aliphatic rings. The number of halogens is 2. The fraction of sp³-hybridized carbons (Fsp3) is 0.286. The fourth-order valence-corrected chi connectivity index (χ4v) is 2.75. The van der Waals surface area contributed by atoms with Gasteiger partial charge in [-0.2, -0.15) is 5.10 Å². The predicted octanol–water partition coefficient (Wildman–Crippen LogP) is 3.06. The van der Waals surface area contributed by atoms with E-state index in [-0.39, 0.29) is 11.6 Å². The van der Waals surface area contributed by atoms with Crippen molar-refractivity contribution in [3.8, 4) is 0 Å². The molecule has 3 rings (SSSR count). The Morgan fingerprint density at radius 1 is 1.25 bits per heavy atom. The van der Waals surface area contributed by atoms with E-state index in [0.29, 0.717) is 22.2 Å². The van der Waals surface area contributed by atoms with Crippen molar-refractivity contribution >= 4 is 28.9 Å². The fourth-order valence-electron chi connectivity index (χ4n) is 2.11. The summed E-state index contributed by atoms with van der Waals surface area (Å²) < 4.78 is 1.55. The number of nitrogen functional groups attached to an aromatic ring is 1. The van der Waals surface area contributed by atoms with E-state index in [1.807, 2.05) is 0 Å². The molecule has 2 aromatic rings. The number of nitrogens with two attached hydrogens (primary N) is 1. The third-order valence-corrected chi connectivity index (χ3v) is 3.97. The summed E-state index contributed by atoms with van der Waals surface area (Å²) in [6.07, 6.45) is 2.50. The number of hydrogen-bond donors (Lipinski definition) is 1. The van der Waals surface area contributed by atoms with Crippen LogP contribution in [-0.2, 0) is 6.42 Å². The van der Waals surface area contributed by atoms with Gasteiger partial charge in [-0.05, 0) is 36.6 Å². The molecule has 104 valence electrons. The van der Waals surface area contributed by atoms with Gasteiger partial charge in [0, 0.05) is 28.2 Å². The maximum atomic E-state index is 11.7. The normalized spacial score (nSPS) is 14.5. The zero-order valence-electron chi connectivity index (χ0n) is 10.6. The highest BCUT2D eigenvalue weighted by molar-refractivity contribution is 6.36. The highest BCUT2D eigenvalue weighted by Gasteiger charge is 2.25. The second-order valence-corrected chi connectivity index (χ2v) is 5.79. The van der Waals surface area contributed by atoms with Gasteiger partial charge in [0.05, 0.1) is 11.7 Å². The standard InChI is InChI=1S/C14H13Cl2N3O/c15-12-5-8(17)6-13(16)11(12)7-9-1-4-14(20)19(18-9)10-2-3-10/h1,4-6,10H,2-3,7,17H2. The van der Waals surface area contributed by atoms with Crippen LogP contribution in [0, 0.1) is 0 Å². The van der Waals surface area contributed by atoms with E-state index < -0.39 is 0 Å². The van der Waals surface area contributed by atoms with E-state index in [1.54, 1.807) is 28.9 Å². The van der Waals surface area contributed by atoms with Crippen LogP contribution in [0.15, 0.2) is 29.1 Å². The molecule has 1 aromatic heterocycles. The quantitative estimate of drug-likeness (QED) is 0.886. The molecule has 2 N–H and O–H groups in total. The van der Waals surface area contributed by atoms with Crippen molar-refractivity contribution in [1.82, 2.24) is 9.78 Å². The van der Waals surface area contributed by atoms with Gasteiger partial charge < -0.3 is 5.73 Å². The van der Waals surface area contributed by atoms with Crippen LogP contribution in [0.5, 0.6) is 0 Å². The second-order valence-electron chi connectivity index (χ2n) is 4.98. The van der Waals surface area contributed by atoms with Gasteiger partial charge in [0.1, 0.15) is 0 Å². The number of benzene rings is 1. The predicted molar refractivity (Wildman–Crippen MR) is 80.4 cm³/mol. The first-order valence-corrected chi connectivity index (χ1v) is 7.12. The van der Waals surface area contributed by atoms with Crippen LogP contribution in [0.2, 0.25) is 10.0 Å². The molecule has 1 aliphatic carbocycles. The first-order valence-electron chi connectivity index (χ1n) is 6.37. The molecule has 0 saturated heterocycles. The van der Waals surface area contributed by atoms with Crippen LogP contribution in [0.25, 0.3) is 0 Å². The third kappa shape index (κ3) is 2.67. The average molecular weight is 310 g/mol. The zero-order chi connectivity index (χ0) is 14.3. The van der Waals surface area contributed by atoms with Crippen molar-refractivity contribution in [1.29, 1.82) is 0 Å². The minimum Gasteiger partial charge on any atom is -0.399 e. The molecular formula is C14H13Cl2N3O. The Morgan fingerprint density at radius 3 is 2.50 bits per heavy atom. The van der Waals surface area contributed by atoms with Gasteiger partial charge in [0.25, 0.3) is 5.56 Å². The molecule has 1 heterocycles. The summed E-state index contributed by atoms with van der Waals surface area (Å²) in [5.41, 5.74) is 7.69. The first kappa shape index (κ1) is 13.5. The summed E-state index contributed by atoms with van der Waals surface area (Å²) in [6, 6.07) is 6.84. The Bertz CT molecular complexity index is 700. The maximum Gasteiger partial charge on any atom is 0.267 e. The topological polar surface area (TPSA) is 60.9 Å². The molecule has 1 saturated carbocycles. The zero-order valence-corrected chi connectivity index (χ0v) is 12.2. The number of aromatic nitrogens is 2. The molecule has 0 spiro atoms. The molecule has 0 radical (unpaired) electrons. The van der Waals surface area contributed by atoms with Crippen molar-refractivity contribution < 1.29 is 0 Å². The Hall–Kier alpha value is -1.52. The number of hydrogen-bond acceptors (Lipinski definition) is 3. The molecule has 6 heteroatoms. The minimum atomic E-state index is -0.0641.